The molecule has 0 aliphatic carbocycles. The Morgan fingerprint density at radius 3 is 2.03 bits per heavy atom. The van der Waals surface area contributed by atoms with E-state index in [-0.39, 0.29) is 16.5 Å². The number of imidazole rings is 1. The number of aromatic nitrogens is 2. The van der Waals surface area contributed by atoms with Crippen LogP contribution in [0.2, 0.25) is 0 Å². The average Bonchev–Trinajstić information content (AvgIpc) is 3.15. The van der Waals surface area contributed by atoms with Crippen molar-refractivity contribution in [2.24, 2.45) is 0 Å². The minimum Gasteiger partial charge on any atom is -0.507 e. The molecule has 0 fully saturated rings. The minimum atomic E-state index is -3.90. The van der Waals surface area contributed by atoms with E-state index >= 15 is 0 Å². The quantitative estimate of drug-likeness (QED) is 0.531. The number of phenolic OH excluding ortho intramolecular Hbond substituents is 1. The van der Waals surface area contributed by atoms with E-state index in [2.05, 4.69) is 4.98 Å². The first-order valence-corrected chi connectivity index (χ1v) is 10.6. The van der Waals surface area contributed by atoms with Gasteiger partial charge in [0, 0.05) is 11.8 Å². The Bertz CT molecular complexity index is 1270. The van der Waals surface area contributed by atoms with Crippen LogP contribution in [0.5, 0.6) is 5.75 Å². The van der Waals surface area contributed by atoms with Gasteiger partial charge in [-0.05, 0) is 38.1 Å². The molecule has 0 bridgehead atoms. The highest BCUT2D eigenvalue weighted by atomic mass is 32.2. The van der Waals surface area contributed by atoms with Crippen molar-refractivity contribution in [2.75, 3.05) is 0 Å². The number of phenols is 1. The molecule has 1 N–H and O–H groups in total. The van der Waals surface area contributed by atoms with Crippen LogP contribution in [0.3, 0.4) is 0 Å². The summed E-state index contributed by atoms with van der Waals surface area (Å²) in [7, 11) is -3.90. The molecule has 5 nitrogen and oxygen atoms in total. The third-order valence-corrected chi connectivity index (χ3v) is 6.41. The number of aromatic hydroxyl groups is 1. The molecule has 146 valence electrons. The fraction of sp³-hybridized carbons (Fsp3) is 0.0870. The second-order valence-corrected chi connectivity index (χ2v) is 8.76. The molecule has 1 heterocycles. The molecule has 0 aliphatic heterocycles. The molecular weight excluding hydrogens is 384 g/mol. The van der Waals surface area contributed by atoms with E-state index in [0.29, 0.717) is 11.3 Å². The van der Waals surface area contributed by atoms with Crippen molar-refractivity contribution in [3.63, 3.8) is 0 Å². The lowest BCUT2D eigenvalue weighted by Gasteiger charge is -2.10. The second kappa shape index (κ2) is 7.22. The minimum absolute atomic E-state index is 0.0334. The summed E-state index contributed by atoms with van der Waals surface area (Å²) in [6.07, 6.45) is 1.50. The Kier molecular flexibility index (Phi) is 4.72. The first-order chi connectivity index (χ1) is 13.9. The van der Waals surface area contributed by atoms with E-state index in [0.717, 1.165) is 20.7 Å². The van der Waals surface area contributed by atoms with Crippen molar-refractivity contribution in [1.29, 1.82) is 0 Å². The molecule has 4 rings (SSSR count). The second-order valence-electron chi connectivity index (χ2n) is 6.95. The third kappa shape index (κ3) is 3.54. The highest BCUT2D eigenvalue weighted by molar-refractivity contribution is 7.90. The Hall–Kier alpha value is -3.38. The molecule has 0 atom stereocenters. The predicted molar refractivity (Wildman–Crippen MR) is 113 cm³/mol. The van der Waals surface area contributed by atoms with Crippen molar-refractivity contribution >= 4 is 10.0 Å². The van der Waals surface area contributed by atoms with E-state index in [1.54, 1.807) is 42.5 Å². The van der Waals surface area contributed by atoms with E-state index in [4.69, 9.17) is 0 Å². The molecule has 0 unspecified atom stereocenters. The monoisotopic (exact) mass is 404 g/mol. The van der Waals surface area contributed by atoms with E-state index in [9.17, 15) is 13.5 Å². The molecule has 0 aliphatic rings. The Balaban J connectivity index is 1.95. The number of rotatable bonds is 4. The molecule has 6 heteroatoms. The molecule has 0 radical (unpaired) electrons. The van der Waals surface area contributed by atoms with Crippen molar-refractivity contribution in [2.45, 2.75) is 18.7 Å². The average molecular weight is 404 g/mol. The molecule has 0 saturated heterocycles. The number of hydrogen-bond donors (Lipinski definition) is 1. The summed E-state index contributed by atoms with van der Waals surface area (Å²) in [4.78, 5) is 4.73. The van der Waals surface area contributed by atoms with Gasteiger partial charge < -0.3 is 5.11 Å². The summed E-state index contributed by atoms with van der Waals surface area (Å²) >= 11 is 0. The van der Waals surface area contributed by atoms with E-state index in [1.165, 1.54) is 12.3 Å². The summed E-state index contributed by atoms with van der Waals surface area (Å²) < 4.78 is 27.9. The van der Waals surface area contributed by atoms with E-state index in [1.807, 2.05) is 38.1 Å². The Morgan fingerprint density at radius 1 is 0.828 bits per heavy atom. The smallest absolute Gasteiger partial charge is 0.269 e. The number of nitrogens with zero attached hydrogens (tertiary/aromatic N) is 2. The van der Waals surface area contributed by atoms with Gasteiger partial charge in [0.2, 0.25) is 0 Å². The van der Waals surface area contributed by atoms with Gasteiger partial charge in [-0.1, -0.05) is 59.7 Å². The number of hydrogen-bond acceptors (Lipinski definition) is 4. The molecular formula is C23H20N2O3S. The maximum Gasteiger partial charge on any atom is 0.269 e. The van der Waals surface area contributed by atoms with Crippen LogP contribution in [0.4, 0.5) is 0 Å². The standard InChI is InChI=1S/C23H20N2O3S/c1-16-7-11-18(12-8-16)21-15-25(23(24-21)20-5-3-4-6-22(20)26)29(27,28)19-13-9-17(2)10-14-19/h3-15,26H,1-2H3. The van der Waals surface area contributed by atoms with Gasteiger partial charge in [0.05, 0.1) is 16.2 Å². The maximum atomic E-state index is 13.4. The topological polar surface area (TPSA) is 72.2 Å². The zero-order chi connectivity index (χ0) is 20.6. The zero-order valence-electron chi connectivity index (χ0n) is 16.1. The predicted octanol–water partition coefficient (Wildman–Crippen LogP) is 4.78. The number of benzene rings is 3. The molecule has 4 aromatic rings. The highest BCUT2D eigenvalue weighted by Crippen LogP contribution is 2.33. The van der Waals surface area contributed by atoms with Crippen LogP contribution in [0, 0.1) is 13.8 Å². The molecule has 3 aromatic carbocycles. The van der Waals surface area contributed by atoms with Crippen LogP contribution in [0.25, 0.3) is 22.6 Å². The molecule has 1 aromatic heterocycles. The van der Waals surface area contributed by atoms with Gasteiger partial charge in [-0.3, -0.25) is 0 Å². The fourth-order valence-electron chi connectivity index (χ4n) is 3.08. The lowest BCUT2D eigenvalue weighted by Crippen LogP contribution is -2.13. The van der Waals surface area contributed by atoms with Gasteiger partial charge in [0.1, 0.15) is 5.75 Å². The zero-order valence-corrected chi connectivity index (χ0v) is 16.9. The van der Waals surface area contributed by atoms with Gasteiger partial charge in [-0.25, -0.2) is 17.4 Å². The molecule has 0 amide bonds. The summed E-state index contributed by atoms with van der Waals surface area (Å²) in [5.41, 5.74) is 3.72. The van der Waals surface area contributed by atoms with Crippen LogP contribution >= 0.6 is 0 Å². The molecule has 0 spiro atoms. The first kappa shape index (κ1) is 19.0. The maximum absolute atomic E-state index is 13.4. The highest BCUT2D eigenvalue weighted by Gasteiger charge is 2.24. The van der Waals surface area contributed by atoms with E-state index < -0.39 is 10.0 Å². The Labute approximate surface area is 170 Å². The van der Waals surface area contributed by atoms with Gasteiger partial charge in [0.25, 0.3) is 10.0 Å². The number of aryl methyl sites for hydroxylation is 2. The van der Waals surface area contributed by atoms with Gasteiger partial charge >= 0.3 is 0 Å². The van der Waals surface area contributed by atoms with Crippen molar-refractivity contribution in [3.05, 3.63) is 90.1 Å². The van der Waals surface area contributed by atoms with Crippen LogP contribution in [-0.2, 0) is 10.0 Å². The summed E-state index contributed by atoms with van der Waals surface area (Å²) in [6.45, 7) is 3.88. The SMILES string of the molecule is Cc1ccc(-c2cn(S(=O)(=O)c3ccc(C)cc3)c(-c3ccccc3O)n2)cc1. The normalized spacial score (nSPS) is 11.5. The number of para-hydroxylation sites is 1. The summed E-state index contributed by atoms with van der Waals surface area (Å²) in [5.74, 6) is 0.133. The first-order valence-electron chi connectivity index (χ1n) is 9.13. The summed E-state index contributed by atoms with van der Waals surface area (Å²) in [5, 5.41) is 10.3. The Morgan fingerprint density at radius 2 is 1.41 bits per heavy atom. The van der Waals surface area contributed by atoms with Crippen LogP contribution in [0.15, 0.2) is 83.9 Å². The van der Waals surface area contributed by atoms with Crippen molar-refractivity contribution < 1.29 is 13.5 Å². The molecule has 0 saturated carbocycles. The van der Waals surface area contributed by atoms with Gasteiger partial charge in [-0.2, -0.15) is 0 Å². The lowest BCUT2D eigenvalue weighted by atomic mass is 10.1. The fourth-order valence-corrected chi connectivity index (χ4v) is 4.39. The van der Waals surface area contributed by atoms with Crippen molar-refractivity contribution in [3.8, 4) is 28.4 Å². The van der Waals surface area contributed by atoms with Crippen molar-refractivity contribution in [1.82, 2.24) is 8.96 Å². The lowest BCUT2D eigenvalue weighted by molar-refractivity contribution is 0.477. The van der Waals surface area contributed by atoms with Crippen LogP contribution in [-0.4, -0.2) is 22.5 Å². The van der Waals surface area contributed by atoms with Crippen LogP contribution < -0.4 is 0 Å². The van der Waals surface area contributed by atoms with Crippen LogP contribution in [0.1, 0.15) is 11.1 Å². The largest absolute Gasteiger partial charge is 0.507 e. The van der Waals surface area contributed by atoms with Gasteiger partial charge in [-0.15, -0.1) is 0 Å². The molecule has 29 heavy (non-hydrogen) atoms. The third-order valence-electron chi connectivity index (χ3n) is 4.74. The summed E-state index contributed by atoms with van der Waals surface area (Å²) in [6, 6.07) is 20.9. The van der Waals surface area contributed by atoms with Gasteiger partial charge in [0.15, 0.2) is 5.82 Å².